The number of nitrogens with zero attached hydrogens (tertiary/aromatic N) is 1. The highest BCUT2D eigenvalue weighted by Crippen LogP contribution is 2.17. The van der Waals surface area contributed by atoms with Gasteiger partial charge in [0, 0.05) is 11.3 Å². The molecule has 0 fully saturated rings. The highest BCUT2D eigenvalue weighted by atomic mass is 16.1. The smallest absolute Gasteiger partial charge is 0.255 e. The number of carbonyl (C=O) groups is 1. The molecule has 4 heteroatoms. The van der Waals surface area contributed by atoms with E-state index in [2.05, 4.69) is 15.6 Å². The Hall–Kier alpha value is -3.14. The predicted octanol–water partition coefficient (Wildman–Crippen LogP) is 4.39. The number of benzene rings is 2. The van der Waals surface area contributed by atoms with Crippen LogP contribution in [0.4, 0.5) is 17.2 Å². The predicted molar refractivity (Wildman–Crippen MR) is 93.1 cm³/mol. The first-order chi connectivity index (χ1) is 11.2. The first-order valence-corrected chi connectivity index (χ1v) is 7.37. The van der Waals surface area contributed by atoms with Crippen LogP contribution in [-0.4, -0.2) is 10.9 Å². The van der Waals surface area contributed by atoms with Crippen molar-refractivity contribution in [3.05, 3.63) is 84.1 Å². The number of amides is 1. The number of aryl methyl sites for hydroxylation is 1. The molecule has 23 heavy (non-hydrogen) atoms. The van der Waals surface area contributed by atoms with Gasteiger partial charge in [0.2, 0.25) is 0 Å². The van der Waals surface area contributed by atoms with E-state index in [1.54, 1.807) is 18.3 Å². The number of carbonyl (C=O) groups excluding carboxylic acids is 1. The van der Waals surface area contributed by atoms with Crippen molar-refractivity contribution in [3.8, 4) is 0 Å². The van der Waals surface area contributed by atoms with E-state index in [1.807, 2.05) is 61.5 Å². The van der Waals surface area contributed by atoms with E-state index in [-0.39, 0.29) is 5.91 Å². The van der Waals surface area contributed by atoms with E-state index in [4.69, 9.17) is 0 Å². The first-order valence-electron chi connectivity index (χ1n) is 7.37. The average molecular weight is 303 g/mol. The molecule has 114 valence electrons. The molecule has 0 bridgehead atoms. The molecule has 3 aromatic rings. The maximum Gasteiger partial charge on any atom is 0.255 e. The van der Waals surface area contributed by atoms with Crippen molar-refractivity contribution in [1.29, 1.82) is 0 Å². The Morgan fingerprint density at radius 1 is 0.913 bits per heavy atom. The maximum absolute atomic E-state index is 12.1. The van der Waals surface area contributed by atoms with Crippen LogP contribution in [0.25, 0.3) is 0 Å². The standard InChI is InChI=1S/C19H17N3O/c1-14-6-5-9-16(12-14)21-18-11-10-17(13-20-18)22-19(23)15-7-3-2-4-8-15/h2-13H,1H3,(H,20,21)(H,22,23). The lowest BCUT2D eigenvalue weighted by atomic mass is 10.2. The Labute approximate surface area is 135 Å². The van der Waals surface area contributed by atoms with Crippen molar-refractivity contribution in [1.82, 2.24) is 4.98 Å². The molecule has 2 N–H and O–H groups in total. The molecule has 0 unspecified atom stereocenters. The van der Waals surface area contributed by atoms with Gasteiger partial charge in [0.1, 0.15) is 5.82 Å². The lowest BCUT2D eigenvalue weighted by Gasteiger charge is -2.08. The fourth-order valence-electron chi connectivity index (χ4n) is 2.21. The monoisotopic (exact) mass is 303 g/mol. The molecule has 4 nitrogen and oxygen atoms in total. The molecular weight excluding hydrogens is 286 g/mol. The summed E-state index contributed by atoms with van der Waals surface area (Å²) in [6.07, 6.45) is 1.64. The van der Waals surface area contributed by atoms with E-state index in [0.29, 0.717) is 11.3 Å². The summed E-state index contributed by atoms with van der Waals surface area (Å²) in [5.41, 5.74) is 3.45. The zero-order chi connectivity index (χ0) is 16.1. The van der Waals surface area contributed by atoms with E-state index >= 15 is 0 Å². The molecule has 0 saturated heterocycles. The zero-order valence-electron chi connectivity index (χ0n) is 12.8. The summed E-state index contributed by atoms with van der Waals surface area (Å²) in [4.78, 5) is 16.4. The third-order valence-electron chi connectivity index (χ3n) is 3.35. The first kappa shape index (κ1) is 14.8. The van der Waals surface area contributed by atoms with E-state index in [1.165, 1.54) is 5.56 Å². The molecule has 0 aliphatic heterocycles. The summed E-state index contributed by atoms with van der Waals surface area (Å²) in [6.45, 7) is 2.04. The van der Waals surface area contributed by atoms with Gasteiger partial charge < -0.3 is 10.6 Å². The summed E-state index contributed by atoms with van der Waals surface area (Å²) < 4.78 is 0. The summed E-state index contributed by atoms with van der Waals surface area (Å²) in [6, 6.07) is 20.8. The molecule has 0 aliphatic carbocycles. The summed E-state index contributed by atoms with van der Waals surface area (Å²) >= 11 is 0. The Kier molecular flexibility index (Phi) is 4.34. The fraction of sp³-hybridized carbons (Fsp3) is 0.0526. The molecule has 3 rings (SSSR count). The third-order valence-corrected chi connectivity index (χ3v) is 3.35. The van der Waals surface area contributed by atoms with Crippen molar-refractivity contribution in [3.63, 3.8) is 0 Å². The lowest BCUT2D eigenvalue weighted by Crippen LogP contribution is -2.11. The normalized spacial score (nSPS) is 10.1. The number of hydrogen-bond donors (Lipinski definition) is 2. The van der Waals surface area contributed by atoms with Crippen LogP contribution in [0, 0.1) is 6.92 Å². The van der Waals surface area contributed by atoms with Gasteiger partial charge in [-0.3, -0.25) is 4.79 Å². The number of aromatic nitrogens is 1. The molecule has 1 aromatic heterocycles. The molecule has 0 atom stereocenters. The van der Waals surface area contributed by atoms with Gasteiger partial charge in [0.15, 0.2) is 0 Å². The van der Waals surface area contributed by atoms with Gasteiger partial charge in [0.25, 0.3) is 5.91 Å². The Morgan fingerprint density at radius 3 is 2.43 bits per heavy atom. The van der Waals surface area contributed by atoms with Gasteiger partial charge in [-0.05, 0) is 48.9 Å². The number of anilines is 3. The SMILES string of the molecule is Cc1cccc(Nc2ccc(NC(=O)c3ccccc3)cn2)c1. The number of pyridine rings is 1. The second-order valence-corrected chi connectivity index (χ2v) is 5.25. The minimum absolute atomic E-state index is 0.146. The summed E-state index contributed by atoms with van der Waals surface area (Å²) in [5, 5.41) is 6.06. The van der Waals surface area contributed by atoms with Gasteiger partial charge in [-0.25, -0.2) is 4.98 Å². The Morgan fingerprint density at radius 2 is 1.74 bits per heavy atom. The molecule has 1 heterocycles. The van der Waals surface area contributed by atoms with Crippen molar-refractivity contribution < 1.29 is 4.79 Å². The van der Waals surface area contributed by atoms with Crippen LogP contribution < -0.4 is 10.6 Å². The molecule has 0 radical (unpaired) electrons. The third kappa shape index (κ3) is 3.95. The Balaban J connectivity index is 1.66. The van der Waals surface area contributed by atoms with Crippen LogP contribution in [0.5, 0.6) is 0 Å². The lowest BCUT2D eigenvalue weighted by molar-refractivity contribution is 0.102. The van der Waals surface area contributed by atoms with Gasteiger partial charge in [-0.15, -0.1) is 0 Å². The van der Waals surface area contributed by atoms with Crippen molar-refractivity contribution in [2.24, 2.45) is 0 Å². The second kappa shape index (κ2) is 6.75. The number of rotatable bonds is 4. The quantitative estimate of drug-likeness (QED) is 0.751. The molecule has 0 aliphatic rings. The highest BCUT2D eigenvalue weighted by Gasteiger charge is 2.05. The minimum Gasteiger partial charge on any atom is -0.340 e. The second-order valence-electron chi connectivity index (χ2n) is 5.25. The molecule has 0 spiro atoms. The fourth-order valence-corrected chi connectivity index (χ4v) is 2.21. The molecule has 0 saturated carbocycles. The van der Waals surface area contributed by atoms with Crippen molar-refractivity contribution in [2.45, 2.75) is 6.92 Å². The van der Waals surface area contributed by atoms with Crippen LogP contribution in [0.2, 0.25) is 0 Å². The Bertz CT molecular complexity index is 798. The van der Waals surface area contributed by atoms with E-state index in [9.17, 15) is 4.79 Å². The number of hydrogen-bond acceptors (Lipinski definition) is 3. The summed E-state index contributed by atoms with van der Waals surface area (Å²) in [7, 11) is 0. The summed E-state index contributed by atoms with van der Waals surface area (Å²) in [5.74, 6) is 0.583. The van der Waals surface area contributed by atoms with Crippen molar-refractivity contribution in [2.75, 3.05) is 10.6 Å². The molecule has 2 aromatic carbocycles. The number of nitrogens with one attached hydrogen (secondary N) is 2. The van der Waals surface area contributed by atoms with Gasteiger partial charge in [-0.1, -0.05) is 30.3 Å². The van der Waals surface area contributed by atoms with Gasteiger partial charge >= 0.3 is 0 Å². The van der Waals surface area contributed by atoms with E-state index in [0.717, 1.165) is 11.5 Å². The van der Waals surface area contributed by atoms with Crippen LogP contribution in [0.3, 0.4) is 0 Å². The topological polar surface area (TPSA) is 54.0 Å². The molecular formula is C19H17N3O. The van der Waals surface area contributed by atoms with Crippen LogP contribution >= 0.6 is 0 Å². The van der Waals surface area contributed by atoms with Gasteiger partial charge in [-0.2, -0.15) is 0 Å². The zero-order valence-corrected chi connectivity index (χ0v) is 12.8. The minimum atomic E-state index is -0.146. The van der Waals surface area contributed by atoms with Crippen LogP contribution in [0.1, 0.15) is 15.9 Å². The average Bonchev–Trinajstić information content (AvgIpc) is 2.57. The largest absolute Gasteiger partial charge is 0.340 e. The van der Waals surface area contributed by atoms with Crippen LogP contribution in [0.15, 0.2) is 72.9 Å². The maximum atomic E-state index is 12.1. The van der Waals surface area contributed by atoms with Gasteiger partial charge in [0.05, 0.1) is 11.9 Å². The van der Waals surface area contributed by atoms with Crippen LogP contribution in [-0.2, 0) is 0 Å². The highest BCUT2D eigenvalue weighted by molar-refractivity contribution is 6.04. The van der Waals surface area contributed by atoms with E-state index < -0.39 is 0 Å². The molecule has 1 amide bonds. The van der Waals surface area contributed by atoms with Crippen molar-refractivity contribution >= 4 is 23.1 Å².